The number of benzene rings is 1. The van der Waals surface area contributed by atoms with Crippen molar-refractivity contribution in [3.05, 3.63) is 35.4 Å². The lowest BCUT2D eigenvalue weighted by Gasteiger charge is -2.36. The minimum atomic E-state index is -0.579. The summed E-state index contributed by atoms with van der Waals surface area (Å²) < 4.78 is 0. The van der Waals surface area contributed by atoms with Crippen molar-refractivity contribution in [2.24, 2.45) is 11.8 Å². The number of rotatable bonds is 6. The van der Waals surface area contributed by atoms with Crippen molar-refractivity contribution in [2.75, 3.05) is 19.6 Å². The molecule has 2 fully saturated rings. The number of piperidine rings is 1. The van der Waals surface area contributed by atoms with Crippen LogP contribution in [-0.4, -0.2) is 41.3 Å². The van der Waals surface area contributed by atoms with Crippen LogP contribution in [0.4, 0.5) is 0 Å². The molecule has 2 unspecified atom stereocenters. The van der Waals surface area contributed by atoms with E-state index >= 15 is 0 Å². The van der Waals surface area contributed by atoms with Gasteiger partial charge in [-0.3, -0.25) is 15.8 Å². The topological polar surface area (TPSA) is 47.5 Å². The third-order valence-corrected chi connectivity index (χ3v) is 5.90. The highest BCUT2D eigenvalue weighted by molar-refractivity contribution is 5.23. The molecule has 140 valence electrons. The van der Waals surface area contributed by atoms with Gasteiger partial charge in [-0.25, -0.2) is 0 Å². The van der Waals surface area contributed by atoms with Crippen molar-refractivity contribution in [3.63, 3.8) is 0 Å². The Morgan fingerprint density at radius 1 is 1.12 bits per heavy atom. The lowest BCUT2D eigenvalue weighted by molar-refractivity contribution is 0.0714. The number of nitrogens with one attached hydrogen (secondary N) is 2. The summed E-state index contributed by atoms with van der Waals surface area (Å²) in [7, 11) is 0. The molecular formula is C21H35N3O. The second kappa shape index (κ2) is 8.17. The zero-order valence-electron chi connectivity index (χ0n) is 16.1. The second-order valence-corrected chi connectivity index (χ2v) is 8.77. The maximum Gasteiger partial charge on any atom is 0.0594 e. The van der Waals surface area contributed by atoms with Crippen LogP contribution < -0.4 is 10.9 Å². The maximum atomic E-state index is 9.85. The van der Waals surface area contributed by atoms with Crippen molar-refractivity contribution in [3.8, 4) is 0 Å². The number of hydrogen-bond donors (Lipinski definition) is 3. The van der Waals surface area contributed by atoms with Gasteiger partial charge in [-0.15, -0.1) is 0 Å². The van der Waals surface area contributed by atoms with Crippen molar-refractivity contribution >= 4 is 0 Å². The third kappa shape index (κ3) is 5.52. The van der Waals surface area contributed by atoms with Crippen LogP contribution in [0, 0.1) is 11.8 Å². The summed E-state index contributed by atoms with van der Waals surface area (Å²) in [6.07, 6.45) is 4.35. The van der Waals surface area contributed by atoms with Gasteiger partial charge >= 0.3 is 0 Å². The zero-order valence-corrected chi connectivity index (χ0v) is 16.1. The van der Waals surface area contributed by atoms with E-state index in [1.807, 2.05) is 13.8 Å². The molecule has 2 saturated heterocycles. The van der Waals surface area contributed by atoms with Crippen molar-refractivity contribution < 1.29 is 5.11 Å². The molecule has 1 aromatic carbocycles. The predicted octanol–water partition coefficient (Wildman–Crippen LogP) is 2.71. The van der Waals surface area contributed by atoms with Crippen molar-refractivity contribution in [1.82, 2.24) is 15.8 Å². The van der Waals surface area contributed by atoms with Crippen LogP contribution >= 0.6 is 0 Å². The number of nitrogens with zero attached hydrogens (tertiary/aromatic N) is 1. The Hall–Kier alpha value is -0.940. The maximum absolute atomic E-state index is 9.85. The van der Waals surface area contributed by atoms with Gasteiger partial charge in [0, 0.05) is 19.1 Å². The predicted molar refractivity (Wildman–Crippen MR) is 103 cm³/mol. The van der Waals surface area contributed by atoms with E-state index in [4.69, 9.17) is 0 Å². The summed E-state index contributed by atoms with van der Waals surface area (Å²) in [5.41, 5.74) is 8.94. The lowest BCUT2D eigenvalue weighted by atomic mass is 9.84. The minimum absolute atomic E-state index is 0.579. The molecule has 1 aromatic rings. The number of hydrogen-bond acceptors (Lipinski definition) is 4. The van der Waals surface area contributed by atoms with Gasteiger partial charge in [-0.1, -0.05) is 31.2 Å². The van der Waals surface area contributed by atoms with E-state index in [9.17, 15) is 5.11 Å². The molecule has 0 saturated carbocycles. The fourth-order valence-electron chi connectivity index (χ4n) is 4.18. The normalized spacial score (nSPS) is 26.2. The Morgan fingerprint density at radius 3 is 2.32 bits per heavy atom. The first-order valence-electron chi connectivity index (χ1n) is 9.92. The highest BCUT2D eigenvalue weighted by Crippen LogP contribution is 2.27. The first-order valence-corrected chi connectivity index (χ1v) is 9.92. The number of aliphatic hydroxyl groups is 1. The Balaban J connectivity index is 1.44. The van der Waals surface area contributed by atoms with Crippen LogP contribution in [0.25, 0.3) is 0 Å². The molecule has 0 aliphatic carbocycles. The molecule has 2 heterocycles. The molecule has 0 radical (unpaired) electrons. The smallest absolute Gasteiger partial charge is 0.0594 e. The summed E-state index contributed by atoms with van der Waals surface area (Å²) in [6.45, 7) is 10.7. The van der Waals surface area contributed by atoms with Crippen LogP contribution in [0.15, 0.2) is 24.3 Å². The van der Waals surface area contributed by atoms with E-state index in [0.29, 0.717) is 6.04 Å². The Kier molecular flexibility index (Phi) is 6.16. The van der Waals surface area contributed by atoms with E-state index in [1.54, 1.807) is 0 Å². The van der Waals surface area contributed by atoms with Crippen LogP contribution in [-0.2, 0) is 13.0 Å². The SMILES string of the molecule is CC1CNNC1C1CCN(Cc2ccc(CCC(C)(C)O)cc2)CC1. The fourth-order valence-corrected chi connectivity index (χ4v) is 4.18. The van der Waals surface area contributed by atoms with Gasteiger partial charge in [-0.2, -0.15) is 0 Å². The summed E-state index contributed by atoms with van der Waals surface area (Å²) in [4.78, 5) is 2.59. The second-order valence-electron chi connectivity index (χ2n) is 8.77. The van der Waals surface area contributed by atoms with E-state index in [0.717, 1.165) is 37.8 Å². The first kappa shape index (κ1) is 18.8. The average molecular weight is 346 g/mol. The van der Waals surface area contributed by atoms with Gasteiger partial charge in [0.25, 0.3) is 0 Å². The van der Waals surface area contributed by atoms with E-state index in [2.05, 4.69) is 46.9 Å². The lowest BCUT2D eigenvalue weighted by Crippen LogP contribution is -2.44. The van der Waals surface area contributed by atoms with Gasteiger partial charge in [0.2, 0.25) is 0 Å². The largest absolute Gasteiger partial charge is 0.390 e. The summed E-state index contributed by atoms with van der Waals surface area (Å²) in [5.74, 6) is 1.55. The van der Waals surface area contributed by atoms with Crippen LogP contribution in [0.1, 0.15) is 51.2 Å². The quantitative estimate of drug-likeness (QED) is 0.742. The molecular weight excluding hydrogens is 310 g/mol. The standard InChI is InChI=1S/C21H35N3O/c1-16-14-22-23-20(16)19-9-12-24(13-10-19)15-18-6-4-17(5-7-18)8-11-21(2,3)25/h4-7,16,19-20,22-23,25H,8-15H2,1-3H3. The van der Waals surface area contributed by atoms with Gasteiger partial charge in [-0.05, 0) is 75.6 Å². The molecule has 2 aliphatic rings. The Bertz CT molecular complexity index is 529. The van der Waals surface area contributed by atoms with E-state index in [-0.39, 0.29) is 0 Å². The Morgan fingerprint density at radius 2 is 1.76 bits per heavy atom. The molecule has 2 atom stereocenters. The van der Waals surface area contributed by atoms with Crippen molar-refractivity contribution in [2.45, 2.75) is 64.6 Å². The monoisotopic (exact) mass is 345 g/mol. The average Bonchev–Trinajstić information content (AvgIpc) is 3.00. The molecule has 25 heavy (non-hydrogen) atoms. The van der Waals surface area contributed by atoms with Crippen LogP contribution in [0.3, 0.4) is 0 Å². The molecule has 4 heteroatoms. The minimum Gasteiger partial charge on any atom is -0.390 e. The number of likely N-dealkylation sites (tertiary alicyclic amines) is 1. The van der Waals surface area contributed by atoms with Gasteiger partial charge in [0.05, 0.1) is 5.60 Å². The number of aryl methyl sites for hydroxylation is 1. The van der Waals surface area contributed by atoms with Gasteiger partial charge in [0.1, 0.15) is 0 Å². The molecule has 0 bridgehead atoms. The number of hydrazine groups is 1. The zero-order chi connectivity index (χ0) is 17.9. The highest BCUT2D eigenvalue weighted by Gasteiger charge is 2.32. The molecule has 4 nitrogen and oxygen atoms in total. The van der Waals surface area contributed by atoms with Gasteiger partial charge < -0.3 is 5.11 Å². The Labute approximate surface area is 153 Å². The first-order chi connectivity index (χ1) is 11.9. The molecule has 2 aliphatic heterocycles. The molecule has 0 aromatic heterocycles. The van der Waals surface area contributed by atoms with Gasteiger partial charge in [0.15, 0.2) is 0 Å². The third-order valence-electron chi connectivity index (χ3n) is 5.90. The summed E-state index contributed by atoms with van der Waals surface area (Å²) >= 11 is 0. The molecule has 0 amide bonds. The van der Waals surface area contributed by atoms with Crippen LogP contribution in [0.2, 0.25) is 0 Å². The van der Waals surface area contributed by atoms with Crippen LogP contribution in [0.5, 0.6) is 0 Å². The summed E-state index contributed by atoms with van der Waals surface area (Å²) in [5, 5.41) is 9.85. The molecule has 3 N–H and O–H groups in total. The summed E-state index contributed by atoms with van der Waals surface area (Å²) in [6, 6.07) is 9.62. The molecule has 3 rings (SSSR count). The van der Waals surface area contributed by atoms with Crippen molar-refractivity contribution in [1.29, 1.82) is 0 Å². The van der Waals surface area contributed by atoms with E-state index in [1.165, 1.54) is 37.1 Å². The fraction of sp³-hybridized carbons (Fsp3) is 0.714. The highest BCUT2D eigenvalue weighted by atomic mass is 16.3. The molecule has 0 spiro atoms. The van der Waals surface area contributed by atoms with E-state index < -0.39 is 5.60 Å².